The van der Waals surface area contributed by atoms with Gasteiger partial charge in [-0.3, -0.25) is 9.89 Å². The number of ether oxygens (including phenoxy) is 3. The minimum Gasteiger partial charge on any atom is -0.477 e. The molecule has 0 saturated carbocycles. The molecule has 2 heterocycles. The highest BCUT2D eigenvalue weighted by Gasteiger charge is 2.19. The number of aromatic nitrogens is 4. The van der Waals surface area contributed by atoms with Crippen molar-refractivity contribution < 1.29 is 28.9 Å². The van der Waals surface area contributed by atoms with Crippen LogP contribution in [0.15, 0.2) is 29.3 Å². The zero-order valence-electron chi connectivity index (χ0n) is 27.3. The Morgan fingerprint density at radius 2 is 1.37 bits per heavy atom. The standard InChI is InChI=1S/C14H26N2O3Si.C8H12N2O3.C6H16OSi/c1-14(2,3)19-13(17)16-9-8-12(15-16)18-10-7-11-20(4,5)6;1-8(2,3)13-7(12)10-5-4-6(11)9-10;1-8(2,3)6-4-5-7/h8-9H,7,10-11H2,1-6H3;4-5H,1-3H3,(H,9,11);7H,4-6H2,1-3H3. The first kappa shape index (κ1) is 38.4. The van der Waals surface area contributed by atoms with Crippen LogP contribution in [0.1, 0.15) is 54.4 Å². The van der Waals surface area contributed by atoms with Crippen molar-refractivity contribution in [3.05, 3.63) is 34.9 Å². The summed E-state index contributed by atoms with van der Waals surface area (Å²) in [5, 5.41) is 14.8. The van der Waals surface area contributed by atoms with Gasteiger partial charge in [-0.25, -0.2) is 9.59 Å². The van der Waals surface area contributed by atoms with Crippen LogP contribution in [0.3, 0.4) is 0 Å². The quantitative estimate of drug-likeness (QED) is 0.256. The molecule has 0 unspecified atom stereocenters. The number of carbonyl (C=O) groups excluding carboxylic acids is 2. The van der Waals surface area contributed by atoms with E-state index in [2.05, 4.69) is 49.5 Å². The van der Waals surface area contributed by atoms with Gasteiger partial charge < -0.3 is 19.3 Å². The van der Waals surface area contributed by atoms with Crippen LogP contribution < -0.4 is 10.3 Å². The van der Waals surface area contributed by atoms with Crippen molar-refractivity contribution in [1.29, 1.82) is 0 Å². The van der Waals surface area contributed by atoms with Gasteiger partial charge in [-0.05, 0) is 54.4 Å². The molecule has 0 bridgehead atoms. The summed E-state index contributed by atoms with van der Waals surface area (Å²) in [6, 6.07) is 5.41. The monoisotopic (exact) mass is 614 g/mol. The molecule has 0 radical (unpaired) electrons. The van der Waals surface area contributed by atoms with Gasteiger partial charge >= 0.3 is 12.2 Å². The smallest absolute Gasteiger partial charge is 0.435 e. The number of hydrogen-bond donors (Lipinski definition) is 2. The van der Waals surface area contributed by atoms with Gasteiger partial charge in [0.05, 0.1) is 6.61 Å². The number of rotatable bonds is 8. The number of H-pyrrole nitrogens is 1. The van der Waals surface area contributed by atoms with Crippen molar-refractivity contribution in [2.24, 2.45) is 0 Å². The first-order valence-corrected chi connectivity index (χ1v) is 21.5. The highest BCUT2D eigenvalue weighted by molar-refractivity contribution is 6.76. The van der Waals surface area contributed by atoms with Gasteiger partial charge in [0.25, 0.3) is 5.56 Å². The van der Waals surface area contributed by atoms with E-state index in [9.17, 15) is 14.4 Å². The van der Waals surface area contributed by atoms with Crippen LogP contribution in [0.5, 0.6) is 5.88 Å². The average molecular weight is 615 g/mol. The van der Waals surface area contributed by atoms with Gasteiger partial charge in [0.2, 0.25) is 5.88 Å². The largest absolute Gasteiger partial charge is 0.477 e. The van der Waals surface area contributed by atoms with Gasteiger partial charge in [-0.15, -0.1) is 5.10 Å². The van der Waals surface area contributed by atoms with Crippen molar-refractivity contribution in [2.45, 2.75) is 117 Å². The van der Waals surface area contributed by atoms with Gasteiger partial charge in [-0.1, -0.05) is 51.4 Å². The molecule has 0 aliphatic rings. The minimum absolute atomic E-state index is 0.328. The number of nitrogens with one attached hydrogen (secondary N) is 1. The summed E-state index contributed by atoms with van der Waals surface area (Å²) >= 11 is 0. The highest BCUT2D eigenvalue weighted by Crippen LogP contribution is 2.14. The molecule has 2 aromatic heterocycles. The summed E-state index contributed by atoms with van der Waals surface area (Å²) < 4.78 is 17.9. The van der Waals surface area contributed by atoms with Crippen molar-refractivity contribution in [3.8, 4) is 5.88 Å². The topological polar surface area (TPSA) is 138 Å². The number of aliphatic hydroxyl groups excluding tert-OH is 1. The average Bonchev–Trinajstić information content (AvgIpc) is 3.42. The molecule has 0 amide bonds. The maximum Gasteiger partial charge on any atom is 0.435 e. The lowest BCUT2D eigenvalue weighted by molar-refractivity contribution is 0.0502. The molecule has 0 aliphatic carbocycles. The SMILES string of the molecule is CC(C)(C)OC(=O)n1ccc(=O)[nH]1.CC(C)(C)OC(=O)n1ccc(OCCC[Si](C)(C)C)n1.C[Si](C)(C)CCCO. The fourth-order valence-electron chi connectivity index (χ4n) is 2.94. The Hall–Kier alpha value is -2.65. The lowest BCUT2D eigenvalue weighted by Crippen LogP contribution is -2.28. The molecule has 2 N–H and O–H groups in total. The van der Waals surface area contributed by atoms with Crippen molar-refractivity contribution >= 4 is 28.3 Å². The molecule has 11 nitrogen and oxygen atoms in total. The number of carbonyl (C=O) groups is 2. The normalized spacial score (nSPS) is 11.9. The summed E-state index contributed by atoms with van der Waals surface area (Å²) in [5.74, 6) is 0.464. The second-order valence-corrected chi connectivity index (χ2v) is 25.4. The van der Waals surface area contributed by atoms with E-state index in [0.717, 1.165) is 17.5 Å². The molecule has 0 aliphatic heterocycles. The molecule has 0 spiro atoms. The molecule has 41 heavy (non-hydrogen) atoms. The Morgan fingerprint density at radius 3 is 1.78 bits per heavy atom. The molecule has 236 valence electrons. The van der Waals surface area contributed by atoms with Crippen LogP contribution in [-0.2, 0) is 9.47 Å². The Balaban J connectivity index is 0.000000652. The number of aliphatic hydroxyl groups is 1. The molecule has 13 heteroatoms. The lowest BCUT2D eigenvalue weighted by Gasteiger charge is -2.18. The van der Waals surface area contributed by atoms with Crippen molar-refractivity contribution in [1.82, 2.24) is 19.6 Å². The molecule has 0 aromatic carbocycles. The predicted octanol–water partition coefficient (Wildman–Crippen LogP) is 6.44. The van der Waals surface area contributed by atoms with Gasteiger partial charge in [0.15, 0.2) is 0 Å². The van der Waals surface area contributed by atoms with E-state index in [1.807, 2.05) is 20.8 Å². The summed E-state index contributed by atoms with van der Waals surface area (Å²) in [5.41, 5.74) is -1.41. The van der Waals surface area contributed by atoms with E-state index in [0.29, 0.717) is 19.1 Å². The number of hydrogen-bond acceptors (Lipinski definition) is 8. The molecule has 2 rings (SSSR count). The van der Waals surface area contributed by atoms with E-state index in [1.165, 1.54) is 29.0 Å². The predicted molar refractivity (Wildman–Crippen MR) is 169 cm³/mol. The van der Waals surface area contributed by atoms with Crippen LogP contribution in [0.4, 0.5) is 9.59 Å². The Kier molecular flexibility index (Phi) is 15.6. The molecule has 0 atom stereocenters. The van der Waals surface area contributed by atoms with E-state index in [-0.39, 0.29) is 5.56 Å². The third kappa shape index (κ3) is 21.7. The first-order valence-electron chi connectivity index (χ1n) is 14.0. The lowest BCUT2D eigenvalue weighted by atomic mass is 10.2. The maximum absolute atomic E-state index is 11.8. The zero-order chi connectivity index (χ0) is 32.1. The fraction of sp³-hybridized carbons (Fsp3) is 0.714. The molecular weight excluding hydrogens is 561 g/mol. The van der Waals surface area contributed by atoms with E-state index >= 15 is 0 Å². The van der Waals surface area contributed by atoms with Crippen LogP contribution >= 0.6 is 0 Å². The van der Waals surface area contributed by atoms with Crippen LogP contribution in [0.2, 0.25) is 51.4 Å². The Bertz CT molecular complexity index is 1100. The Labute approximate surface area is 247 Å². The third-order valence-corrected chi connectivity index (χ3v) is 8.45. The summed E-state index contributed by atoms with van der Waals surface area (Å²) in [4.78, 5) is 33.7. The zero-order valence-corrected chi connectivity index (χ0v) is 29.3. The second kappa shape index (κ2) is 16.7. The van der Waals surface area contributed by atoms with Gasteiger partial charge in [0, 0.05) is 47.3 Å². The highest BCUT2D eigenvalue weighted by atomic mass is 28.3. The number of nitrogens with zero attached hydrogens (tertiary/aromatic N) is 3. The summed E-state index contributed by atoms with van der Waals surface area (Å²) in [6.07, 6.45) is 3.83. The second-order valence-electron chi connectivity index (χ2n) is 14.1. The Morgan fingerprint density at radius 1 is 0.854 bits per heavy atom. The third-order valence-electron chi connectivity index (χ3n) is 4.75. The van der Waals surface area contributed by atoms with E-state index in [1.54, 1.807) is 33.0 Å². The van der Waals surface area contributed by atoms with Gasteiger partial charge in [-0.2, -0.15) is 9.36 Å². The van der Waals surface area contributed by atoms with E-state index < -0.39 is 39.5 Å². The first-order chi connectivity index (χ1) is 18.5. The number of aromatic amines is 1. The summed E-state index contributed by atoms with van der Waals surface area (Å²) in [7, 11) is -1.85. The van der Waals surface area contributed by atoms with Gasteiger partial charge in [0.1, 0.15) is 11.2 Å². The van der Waals surface area contributed by atoms with E-state index in [4.69, 9.17) is 19.3 Å². The maximum atomic E-state index is 11.8. The van der Waals surface area contributed by atoms with Crippen LogP contribution in [-0.4, -0.2) is 77.4 Å². The fourth-order valence-corrected chi connectivity index (χ4v) is 5.36. The molecule has 0 fully saturated rings. The molecule has 0 saturated heterocycles. The molecular formula is C28H54N4O7Si2. The van der Waals surface area contributed by atoms with Crippen molar-refractivity contribution in [3.63, 3.8) is 0 Å². The van der Waals surface area contributed by atoms with Crippen LogP contribution in [0.25, 0.3) is 0 Å². The molecule has 2 aromatic rings. The minimum atomic E-state index is -1.01. The summed E-state index contributed by atoms with van der Waals surface area (Å²) in [6.45, 7) is 25.7. The van der Waals surface area contributed by atoms with Crippen molar-refractivity contribution in [2.75, 3.05) is 13.2 Å². The van der Waals surface area contributed by atoms with Crippen LogP contribution in [0, 0.1) is 0 Å².